The fourth-order valence-corrected chi connectivity index (χ4v) is 2.40. The van der Waals surface area contributed by atoms with Crippen LogP contribution < -0.4 is 16.0 Å². The van der Waals surface area contributed by atoms with Crippen LogP contribution in [0.5, 0.6) is 0 Å². The van der Waals surface area contributed by atoms with Gasteiger partial charge in [0.2, 0.25) is 5.91 Å². The van der Waals surface area contributed by atoms with Crippen molar-refractivity contribution < 1.29 is 4.79 Å². The SMILES string of the molecule is CCc1cnc(CNC(=NC)NCC(=O)NC(C)(C)C)s1.I. The predicted octanol–water partition coefficient (Wildman–Crippen LogP) is 1.90. The van der Waals surface area contributed by atoms with E-state index >= 15 is 0 Å². The number of guanidine groups is 1. The number of nitrogens with zero attached hydrogens (tertiary/aromatic N) is 2. The van der Waals surface area contributed by atoms with E-state index in [1.807, 2.05) is 27.0 Å². The number of carbonyl (C=O) groups excluding carboxylic acids is 1. The average Bonchev–Trinajstić information content (AvgIpc) is 2.85. The van der Waals surface area contributed by atoms with Crippen LogP contribution in [0, 0.1) is 0 Å². The number of amides is 1. The maximum Gasteiger partial charge on any atom is 0.239 e. The van der Waals surface area contributed by atoms with Crippen molar-refractivity contribution in [2.24, 2.45) is 4.99 Å². The molecule has 0 aromatic carbocycles. The third-order valence-corrected chi connectivity index (χ3v) is 3.65. The Morgan fingerprint density at radius 1 is 1.36 bits per heavy atom. The van der Waals surface area contributed by atoms with Gasteiger partial charge in [-0.1, -0.05) is 6.92 Å². The van der Waals surface area contributed by atoms with E-state index in [4.69, 9.17) is 0 Å². The van der Waals surface area contributed by atoms with E-state index in [0.717, 1.165) is 11.4 Å². The number of aromatic nitrogens is 1. The van der Waals surface area contributed by atoms with Crippen molar-refractivity contribution in [2.75, 3.05) is 13.6 Å². The molecule has 1 rings (SSSR count). The van der Waals surface area contributed by atoms with Crippen LogP contribution in [0.4, 0.5) is 0 Å². The molecular formula is C14H26IN5OS. The first-order chi connectivity index (χ1) is 9.84. The van der Waals surface area contributed by atoms with E-state index in [9.17, 15) is 4.79 Å². The van der Waals surface area contributed by atoms with Gasteiger partial charge in [-0.05, 0) is 27.2 Å². The standard InChI is InChI=1S/C14H25N5OS.HI/c1-6-10-7-16-12(21-10)9-18-13(15-5)17-8-11(20)19-14(2,3)4;/h7H,6,8-9H2,1-5H3,(H,19,20)(H2,15,17,18);1H. The highest BCUT2D eigenvalue weighted by Gasteiger charge is 2.13. The van der Waals surface area contributed by atoms with E-state index in [1.165, 1.54) is 4.88 Å². The molecule has 0 unspecified atom stereocenters. The summed E-state index contributed by atoms with van der Waals surface area (Å²) in [6.45, 7) is 8.75. The molecule has 0 atom stereocenters. The summed E-state index contributed by atoms with van der Waals surface area (Å²) in [6.07, 6.45) is 2.90. The van der Waals surface area contributed by atoms with Gasteiger partial charge < -0.3 is 16.0 Å². The van der Waals surface area contributed by atoms with E-state index in [2.05, 4.69) is 32.9 Å². The van der Waals surface area contributed by atoms with Crippen molar-refractivity contribution in [3.63, 3.8) is 0 Å². The minimum atomic E-state index is -0.229. The summed E-state index contributed by atoms with van der Waals surface area (Å²) < 4.78 is 0. The molecule has 1 aromatic heterocycles. The summed E-state index contributed by atoms with van der Waals surface area (Å²) in [5, 5.41) is 10.0. The first-order valence-electron chi connectivity index (χ1n) is 7.03. The van der Waals surface area contributed by atoms with E-state index in [1.54, 1.807) is 18.4 Å². The second-order valence-electron chi connectivity index (χ2n) is 5.65. The Balaban J connectivity index is 0.00000441. The van der Waals surface area contributed by atoms with Crippen LogP contribution in [0.3, 0.4) is 0 Å². The van der Waals surface area contributed by atoms with Gasteiger partial charge in [-0.2, -0.15) is 0 Å². The summed E-state index contributed by atoms with van der Waals surface area (Å²) in [6, 6.07) is 0. The van der Waals surface area contributed by atoms with Gasteiger partial charge >= 0.3 is 0 Å². The first kappa shape index (κ1) is 21.1. The molecular weight excluding hydrogens is 413 g/mol. The lowest BCUT2D eigenvalue weighted by Gasteiger charge is -2.21. The molecule has 0 fully saturated rings. The lowest BCUT2D eigenvalue weighted by Crippen LogP contribution is -2.48. The van der Waals surface area contributed by atoms with Crippen LogP contribution in [0.25, 0.3) is 0 Å². The Kier molecular flexibility index (Phi) is 9.58. The fourth-order valence-electron chi connectivity index (χ4n) is 1.60. The Bertz CT molecular complexity index is 496. The Morgan fingerprint density at radius 3 is 2.55 bits per heavy atom. The molecule has 0 radical (unpaired) electrons. The predicted molar refractivity (Wildman–Crippen MR) is 103 cm³/mol. The maximum absolute atomic E-state index is 11.7. The van der Waals surface area contributed by atoms with Gasteiger partial charge in [0.25, 0.3) is 0 Å². The Hall–Kier alpha value is -0.900. The van der Waals surface area contributed by atoms with E-state index in [0.29, 0.717) is 12.5 Å². The number of nitrogens with one attached hydrogen (secondary N) is 3. The van der Waals surface area contributed by atoms with Gasteiger partial charge in [-0.25, -0.2) is 4.98 Å². The van der Waals surface area contributed by atoms with Crippen LogP contribution in [0.15, 0.2) is 11.2 Å². The molecule has 0 saturated heterocycles. The van der Waals surface area contributed by atoms with Crippen molar-refractivity contribution in [1.82, 2.24) is 20.9 Å². The molecule has 0 aliphatic rings. The highest BCUT2D eigenvalue weighted by Crippen LogP contribution is 2.12. The van der Waals surface area contributed by atoms with Crippen LogP contribution in [-0.2, 0) is 17.8 Å². The Labute approximate surface area is 153 Å². The van der Waals surface area contributed by atoms with Gasteiger partial charge in [0.05, 0.1) is 13.1 Å². The summed E-state index contributed by atoms with van der Waals surface area (Å²) >= 11 is 1.68. The van der Waals surface area contributed by atoms with Crippen LogP contribution >= 0.6 is 35.3 Å². The molecule has 0 aliphatic heterocycles. The van der Waals surface area contributed by atoms with Gasteiger partial charge in [-0.15, -0.1) is 35.3 Å². The fraction of sp³-hybridized carbons (Fsp3) is 0.643. The van der Waals surface area contributed by atoms with E-state index in [-0.39, 0.29) is 42.0 Å². The summed E-state index contributed by atoms with van der Waals surface area (Å²) in [7, 11) is 1.68. The second kappa shape index (κ2) is 9.98. The topological polar surface area (TPSA) is 78.4 Å². The first-order valence-corrected chi connectivity index (χ1v) is 7.85. The number of hydrogen-bond donors (Lipinski definition) is 3. The van der Waals surface area contributed by atoms with Gasteiger partial charge in [0.1, 0.15) is 5.01 Å². The number of thiazole rings is 1. The van der Waals surface area contributed by atoms with Crippen LogP contribution in [0.1, 0.15) is 37.6 Å². The zero-order valence-electron chi connectivity index (χ0n) is 13.8. The van der Waals surface area contributed by atoms with Crippen molar-refractivity contribution >= 4 is 47.2 Å². The van der Waals surface area contributed by atoms with Crippen molar-refractivity contribution in [2.45, 2.75) is 46.2 Å². The number of hydrogen-bond acceptors (Lipinski definition) is 4. The average molecular weight is 439 g/mol. The zero-order valence-corrected chi connectivity index (χ0v) is 17.0. The molecule has 126 valence electrons. The van der Waals surface area contributed by atoms with Crippen molar-refractivity contribution in [3.8, 4) is 0 Å². The second-order valence-corrected chi connectivity index (χ2v) is 6.85. The molecule has 8 heteroatoms. The van der Waals surface area contributed by atoms with Crippen LogP contribution in [0.2, 0.25) is 0 Å². The van der Waals surface area contributed by atoms with Crippen molar-refractivity contribution in [1.29, 1.82) is 0 Å². The largest absolute Gasteiger partial charge is 0.350 e. The Morgan fingerprint density at radius 2 is 2.05 bits per heavy atom. The maximum atomic E-state index is 11.7. The number of aryl methyl sites for hydroxylation is 1. The third-order valence-electron chi connectivity index (χ3n) is 2.51. The van der Waals surface area contributed by atoms with Gasteiger partial charge in [0.15, 0.2) is 5.96 Å². The normalized spacial score (nSPS) is 11.6. The molecule has 1 aromatic rings. The quantitative estimate of drug-likeness (QED) is 0.372. The van der Waals surface area contributed by atoms with Gasteiger partial charge in [0, 0.05) is 23.7 Å². The minimum Gasteiger partial charge on any atom is -0.350 e. The lowest BCUT2D eigenvalue weighted by atomic mass is 10.1. The third kappa shape index (κ3) is 8.52. The molecule has 3 N–H and O–H groups in total. The summed E-state index contributed by atoms with van der Waals surface area (Å²) in [4.78, 5) is 21.4. The molecule has 0 aliphatic carbocycles. The molecule has 1 amide bonds. The molecule has 1 heterocycles. The van der Waals surface area contributed by atoms with Gasteiger partial charge in [-0.3, -0.25) is 9.79 Å². The zero-order chi connectivity index (χ0) is 15.9. The highest BCUT2D eigenvalue weighted by molar-refractivity contribution is 14.0. The molecule has 0 bridgehead atoms. The number of aliphatic imine (C=N–C) groups is 1. The molecule has 0 saturated carbocycles. The monoisotopic (exact) mass is 439 g/mol. The number of rotatable bonds is 5. The number of carbonyl (C=O) groups is 1. The summed E-state index contributed by atoms with van der Waals surface area (Å²) in [5.41, 5.74) is -0.229. The van der Waals surface area contributed by atoms with E-state index < -0.39 is 0 Å². The van der Waals surface area contributed by atoms with Crippen molar-refractivity contribution in [3.05, 3.63) is 16.1 Å². The highest BCUT2D eigenvalue weighted by atomic mass is 127. The minimum absolute atomic E-state index is 0. The van der Waals surface area contributed by atoms with Crippen LogP contribution in [-0.4, -0.2) is 36.0 Å². The summed E-state index contributed by atoms with van der Waals surface area (Å²) in [5.74, 6) is 0.528. The lowest BCUT2D eigenvalue weighted by molar-refractivity contribution is -0.121. The smallest absolute Gasteiger partial charge is 0.239 e. The number of halogens is 1. The molecule has 22 heavy (non-hydrogen) atoms. The molecule has 0 spiro atoms. The molecule has 6 nitrogen and oxygen atoms in total.